The molecule has 3 amide bonds. The summed E-state index contributed by atoms with van der Waals surface area (Å²) in [6.45, 7) is 1.32. The highest BCUT2D eigenvalue weighted by Gasteiger charge is 2.32. The summed E-state index contributed by atoms with van der Waals surface area (Å²) in [5, 5.41) is 34.9. The Kier molecular flexibility index (Phi) is 14.2. The largest absolute Gasteiger partial charge is 0.481 e. The van der Waals surface area contributed by atoms with Crippen molar-refractivity contribution in [1.82, 2.24) is 16.0 Å². The third-order valence-electron chi connectivity index (χ3n) is 4.44. The number of thiol groups is 1. The second kappa shape index (κ2) is 15.7. The molecule has 0 fully saturated rings. The molecule has 5 unspecified atom stereocenters. The molecule has 5 atom stereocenters. The maximum atomic E-state index is 12.7. The maximum Gasteiger partial charge on any atom is 0.326 e. The van der Waals surface area contributed by atoms with Crippen LogP contribution in [0.15, 0.2) is 4.99 Å². The third kappa shape index (κ3) is 12.2. The normalized spacial score (nSPS) is 15.1. The van der Waals surface area contributed by atoms with Crippen LogP contribution in [0, 0.1) is 0 Å². The Hall–Kier alpha value is -3.11. The number of aliphatic hydroxyl groups excluding tert-OH is 1. The van der Waals surface area contributed by atoms with Gasteiger partial charge in [-0.3, -0.25) is 24.2 Å². The number of carboxylic acid groups (broad SMARTS) is 2. The Morgan fingerprint density at radius 3 is 2.00 bits per heavy atom. The van der Waals surface area contributed by atoms with E-state index in [-0.39, 0.29) is 37.5 Å². The SMILES string of the molecule is CC(O)C(NC(=O)C(N)CS)C(=O)NC(CCC(=O)O)C(=O)NC(CCCN=C(N)N)C(=O)O. The van der Waals surface area contributed by atoms with E-state index in [0.29, 0.717) is 0 Å². The number of carbonyl (C=O) groups excluding carboxylic acids is 3. The summed E-state index contributed by atoms with van der Waals surface area (Å²) in [6, 6.07) is -5.43. The first-order valence-electron chi connectivity index (χ1n) is 10.3. The number of carbonyl (C=O) groups is 5. The molecule has 0 aliphatic carbocycles. The average molecular weight is 508 g/mol. The van der Waals surface area contributed by atoms with Gasteiger partial charge in [0.1, 0.15) is 18.1 Å². The number of nitrogens with zero attached hydrogens (tertiary/aromatic N) is 1. The van der Waals surface area contributed by atoms with E-state index in [1.54, 1.807) is 0 Å². The van der Waals surface area contributed by atoms with Crippen molar-refractivity contribution in [3.05, 3.63) is 0 Å². The number of carboxylic acids is 2. The molecule has 0 aliphatic rings. The Bertz CT molecular complexity index is 761. The molecule has 0 saturated heterocycles. The molecule has 0 saturated carbocycles. The summed E-state index contributed by atoms with van der Waals surface area (Å²) >= 11 is 3.87. The van der Waals surface area contributed by atoms with Crippen molar-refractivity contribution in [2.75, 3.05) is 12.3 Å². The first-order chi connectivity index (χ1) is 15.8. The van der Waals surface area contributed by atoms with E-state index < -0.39 is 66.4 Å². The molecule has 12 N–H and O–H groups in total. The van der Waals surface area contributed by atoms with Gasteiger partial charge < -0.3 is 48.5 Å². The molecule has 0 spiro atoms. The number of hydrogen-bond donors (Lipinski definition) is 10. The molecule has 34 heavy (non-hydrogen) atoms. The number of aliphatic hydroxyl groups is 1. The van der Waals surface area contributed by atoms with Crippen LogP contribution in [0.5, 0.6) is 0 Å². The van der Waals surface area contributed by atoms with Gasteiger partial charge in [0.05, 0.1) is 12.1 Å². The second-order valence-corrected chi connectivity index (χ2v) is 7.72. The van der Waals surface area contributed by atoms with Crippen LogP contribution in [0.25, 0.3) is 0 Å². The number of amides is 3. The first-order valence-corrected chi connectivity index (χ1v) is 10.9. The van der Waals surface area contributed by atoms with E-state index in [9.17, 15) is 34.2 Å². The maximum absolute atomic E-state index is 12.7. The van der Waals surface area contributed by atoms with Gasteiger partial charge in [0.15, 0.2) is 5.96 Å². The fourth-order valence-corrected chi connectivity index (χ4v) is 2.75. The van der Waals surface area contributed by atoms with Crippen LogP contribution in [0.2, 0.25) is 0 Å². The Labute approximate surface area is 201 Å². The Morgan fingerprint density at radius 1 is 0.941 bits per heavy atom. The topological polar surface area (TPSA) is 273 Å². The van der Waals surface area contributed by atoms with Crippen LogP contribution in [0.4, 0.5) is 0 Å². The van der Waals surface area contributed by atoms with Crippen molar-refractivity contribution in [3.63, 3.8) is 0 Å². The lowest BCUT2D eigenvalue weighted by atomic mass is 10.1. The average Bonchev–Trinajstić information content (AvgIpc) is 2.74. The summed E-state index contributed by atoms with van der Waals surface area (Å²) in [5.74, 6) is -5.60. The minimum atomic E-state index is -1.52. The van der Waals surface area contributed by atoms with Gasteiger partial charge in [-0.2, -0.15) is 12.6 Å². The predicted molar refractivity (Wildman–Crippen MR) is 124 cm³/mol. The number of guanidine groups is 1. The van der Waals surface area contributed by atoms with E-state index in [4.69, 9.17) is 22.3 Å². The van der Waals surface area contributed by atoms with Crippen molar-refractivity contribution >= 4 is 48.2 Å². The van der Waals surface area contributed by atoms with Crippen molar-refractivity contribution in [1.29, 1.82) is 0 Å². The zero-order valence-electron chi connectivity index (χ0n) is 18.6. The number of nitrogens with one attached hydrogen (secondary N) is 3. The number of aliphatic imine (C=N–C) groups is 1. The minimum absolute atomic E-state index is 0.0383. The summed E-state index contributed by atoms with van der Waals surface area (Å²) in [4.78, 5) is 63.5. The molecule has 16 heteroatoms. The summed E-state index contributed by atoms with van der Waals surface area (Å²) in [6.07, 6.45) is -2.16. The van der Waals surface area contributed by atoms with Gasteiger partial charge >= 0.3 is 11.9 Å². The van der Waals surface area contributed by atoms with Crippen LogP contribution in [0.1, 0.15) is 32.6 Å². The second-order valence-electron chi connectivity index (χ2n) is 7.36. The molecule has 0 aliphatic heterocycles. The zero-order valence-corrected chi connectivity index (χ0v) is 19.5. The predicted octanol–water partition coefficient (Wildman–Crippen LogP) is -3.92. The molecule has 0 radical (unpaired) electrons. The standard InChI is InChI=1S/C18H33N7O8S/c1-8(26)13(25-14(29)9(19)7-34)16(31)23-10(4-5-12(27)28)15(30)24-11(17(32)33)3-2-6-22-18(20)21/h8-11,13,26,34H,2-7,19H2,1H3,(H,23,31)(H,24,30)(H,25,29)(H,27,28)(H,32,33)(H4,20,21,22). The summed E-state index contributed by atoms with van der Waals surface area (Å²) in [7, 11) is 0. The zero-order chi connectivity index (χ0) is 26.4. The van der Waals surface area contributed by atoms with Crippen LogP contribution in [0.3, 0.4) is 0 Å². The van der Waals surface area contributed by atoms with E-state index in [0.717, 1.165) is 0 Å². The summed E-state index contributed by atoms with van der Waals surface area (Å²) < 4.78 is 0. The lowest BCUT2D eigenvalue weighted by molar-refractivity contribution is -0.143. The fraction of sp³-hybridized carbons (Fsp3) is 0.667. The highest BCUT2D eigenvalue weighted by Crippen LogP contribution is 2.05. The number of hydrogen-bond acceptors (Lipinski definition) is 9. The molecule has 0 aromatic heterocycles. The highest BCUT2D eigenvalue weighted by molar-refractivity contribution is 7.80. The Morgan fingerprint density at radius 2 is 1.53 bits per heavy atom. The minimum Gasteiger partial charge on any atom is -0.481 e. The van der Waals surface area contributed by atoms with Crippen molar-refractivity contribution in [2.45, 2.75) is 62.9 Å². The van der Waals surface area contributed by atoms with Crippen molar-refractivity contribution in [2.24, 2.45) is 22.2 Å². The molecule has 0 rings (SSSR count). The van der Waals surface area contributed by atoms with Crippen LogP contribution < -0.4 is 33.2 Å². The van der Waals surface area contributed by atoms with E-state index in [1.165, 1.54) is 6.92 Å². The molecule has 15 nitrogen and oxygen atoms in total. The molecule has 0 heterocycles. The van der Waals surface area contributed by atoms with Crippen LogP contribution >= 0.6 is 12.6 Å². The van der Waals surface area contributed by atoms with Gasteiger partial charge in [-0.25, -0.2) is 4.79 Å². The fourth-order valence-electron chi connectivity index (χ4n) is 2.58. The summed E-state index contributed by atoms with van der Waals surface area (Å²) in [5.41, 5.74) is 15.9. The molecule has 0 aromatic carbocycles. The van der Waals surface area contributed by atoms with Gasteiger partial charge in [-0.15, -0.1) is 0 Å². The molecular formula is C18H33N7O8S. The monoisotopic (exact) mass is 507 g/mol. The van der Waals surface area contributed by atoms with Gasteiger partial charge in [0, 0.05) is 18.7 Å². The molecular weight excluding hydrogens is 474 g/mol. The van der Waals surface area contributed by atoms with Crippen molar-refractivity contribution < 1.29 is 39.3 Å². The van der Waals surface area contributed by atoms with E-state index >= 15 is 0 Å². The number of aliphatic carboxylic acids is 2. The van der Waals surface area contributed by atoms with Crippen molar-refractivity contribution in [3.8, 4) is 0 Å². The number of rotatable bonds is 16. The van der Waals surface area contributed by atoms with Gasteiger partial charge in [0.25, 0.3) is 0 Å². The Balaban J connectivity index is 5.43. The lowest BCUT2D eigenvalue weighted by Crippen LogP contribution is -2.60. The van der Waals surface area contributed by atoms with Gasteiger partial charge in [-0.05, 0) is 26.2 Å². The first kappa shape index (κ1) is 30.9. The molecule has 0 bridgehead atoms. The van der Waals surface area contributed by atoms with Crippen LogP contribution in [-0.4, -0.2) is 93.5 Å². The van der Waals surface area contributed by atoms with E-state index in [1.807, 2.05) is 0 Å². The lowest BCUT2D eigenvalue weighted by Gasteiger charge is -2.26. The van der Waals surface area contributed by atoms with Gasteiger partial charge in [-0.1, -0.05) is 0 Å². The third-order valence-corrected chi connectivity index (χ3v) is 4.83. The quantitative estimate of drug-likeness (QED) is 0.0417. The smallest absolute Gasteiger partial charge is 0.326 e. The van der Waals surface area contributed by atoms with Gasteiger partial charge in [0.2, 0.25) is 17.7 Å². The van der Waals surface area contributed by atoms with Crippen LogP contribution in [-0.2, 0) is 24.0 Å². The highest BCUT2D eigenvalue weighted by atomic mass is 32.1. The molecule has 0 aromatic rings. The van der Waals surface area contributed by atoms with E-state index in [2.05, 4.69) is 33.6 Å². The number of nitrogens with two attached hydrogens (primary N) is 3. The molecule has 194 valence electrons.